The Bertz CT molecular complexity index is 555. The lowest BCUT2D eigenvalue weighted by Gasteiger charge is -2.23. The first kappa shape index (κ1) is 14.1. The molecule has 0 aliphatic heterocycles. The van der Waals surface area contributed by atoms with Gasteiger partial charge in [-0.2, -0.15) is 0 Å². The van der Waals surface area contributed by atoms with Gasteiger partial charge in [0.2, 0.25) is 0 Å². The number of aryl methyl sites for hydroxylation is 2. The largest absolute Gasteiger partial charge is 0.314 e. The number of hydrogen-bond acceptors (Lipinski definition) is 5. The third-order valence-corrected chi connectivity index (χ3v) is 4.41. The summed E-state index contributed by atoms with van der Waals surface area (Å²) in [5.74, 6) is 1.93. The van der Waals surface area contributed by atoms with Gasteiger partial charge >= 0.3 is 0 Å². The number of nitrogens with one attached hydrogen (secondary N) is 1. The van der Waals surface area contributed by atoms with Crippen molar-refractivity contribution in [1.29, 1.82) is 0 Å². The number of nitrogens with zero attached hydrogens (tertiary/aromatic N) is 4. The van der Waals surface area contributed by atoms with Crippen LogP contribution in [0, 0.1) is 13.8 Å². The Labute approximate surface area is 118 Å². The van der Waals surface area contributed by atoms with Gasteiger partial charge in [-0.05, 0) is 34.6 Å². The molecule has 19 heavy (non-hydrogen) atoms. The molecular weight excluding hydrogens is 258 g/mol. The van der Waals surface area contributed by atoms with E-state index in [9.17, 15) is 0 Å². The van der Waals surface area contributed by atoms with Crippen LogP contribution < -0.4 is 5.32 Å². The molecule has 0 aromatic carbocycles. The molecule has 0 amide bonds. The van der Waals surface area contributed by atoms with E-state index in [0.29, 0.717) is 6.54 Å². The second-order valence-corrected chi connectivity index (χ2v) is 6.40. The Hall–Kier alpha value is -1.27. The molecule has 5 nitrogen and oxygen atoms in total. The van der Waals surface area contributed by atoms with E-state index in [1.54, 1.807) is 11.3 Å². The van der Waals surface area contributed by atoms with E-state index in [4.69, 9.17) is 0 Å². The molecule has 0 radical (unpaired) electrons. The molecule has 0 saturated carbocycles. The molecule has 0 spiro atoms. The first-order valence-electron chi connectivity index (χ1n) is 6.50. The van der Waals surface area contributed by atoms with E-state index in [0.717, 1.165) is 23.2 Å². The summed E-state index contributed by atoms with van der Waals surface area (Å²) in [5, 5.41) is 13.0. The van der Waals surface area contributed by atoms with Crippen molar-refractivity contribution in [2.24, 2.45) is 0 Å². The molecule has 2 heterocycles. The fourth-order valence-electron chi connectivity index (χ4n) is 1.99. The van der Waals surface area contributed by atoms with Crippen molar-refractivity contribution in [2.75, 3.05) is 0 Å². The van der Waals surface area contributed by atoms with E-state index in [1.165, 1.54) is 4.88 Å². The van der Waals surface area contributed by atoms with Crippen LogP contribution in [0.3, 0.4) is 0 Å². The monoisotopic (exact) mass is 279 g/mol. The Morgan fingerprint density at radius 2 is 2.05 bits per heavy atom. The second-order valence-electron chi connectivity index (χ2n) is 5.16. The van der Waals surface area contributed by atoms with Gasteiger partial charge in [-0.3, -0.25) is 5.32 Å². The quantitative estimate of drug-likeness (QED) is 0.913. The van der Waals surface area contributed by atoms with Crippen LogP contribution in [0.15, 0.2) is 6.20 Å². The van der Waals surface area contributed by atoms with E-state index in [-0.39, 0.29) is 5.54 Å². The SMILES string of the molecule is CCn1c(C)nnc1CNC(C)(C)c1ncc(C)s1. The van der Waals surface area contributed by atoms with Crippen LogP contribution in [-0.2, 0) is 18.6 Å². The topological polar surface area (TPSA) is 55.6 Å². The second kappa shape index (κ2) is 5.38. The standard InChI is InChI=1S/C13H21N5S/c1-6-18-10(3)16-17-11(18)8-15-13(4,5)12-14-7-9(2)19-12/h7,15H,6,8H2,1-5H3. The predicted molar refractivity (Wildman–Crippen MR) is 77.1 cm³/mol. The average Bonchev–Trinajstić information content (AvgIpc) is 2.93. The molecule has 0 aliphatic rings. The number of thiazole rings is 1. The minimum Gasteiger partial charge on any atom is -0.314 e. The maximum atomic E-state index is 4.46. The molecule has 0 aliphatic carbocycles. The zero-order chi connectivity index (χ0) is 14.0. The zero-order valence-corrected chi connectivity index (χ0v) is 13.0. The van der Waals surface area contributed by atoms with Gasteiger partial charge in [-0.15, -0.1) is 21.5 Å². The molecule has 2 aromatic heterocycles. The van der Waals surface area contributed by atoms with Crippen LogP contribution in [0.5, 0.6) is 0 Å². The smallest absolute Gasteiger partial charge is 0.147 e. The van der Waals surface area contributed by atoms with Crippen molar-refractivity contribution < 1.29 is 0 Å². The molecule has 0 atom stereocenters. The van der Waals surface area contributed by atoms with Crippen LogP contribution >= 0.6 is 11.3 Å². The summed E-state index contributed by atoms with van der Waals surface area (Å²) in [6.07, 6.45) is 1.92. The first-order valence-corrected chi connectivity index (χ1v) is 7.32. The summed E-state index contributed by atoms with van der Waals surface area (Å²) in [7, 11) is 0. The van der Waals surface area contributed by atoms with Crippen LogP contribution in [0.4, 0.5) is 0 Å². The molecule has 6 heteroatoms. The normalized spacial score (nSPS) is 12.1. The van der Waals surface area contributed by atoms with Gasteiger partial charge in [0.1, 0.15) is 16.7 Å². The molecule has 2 aromatic rings. The number of aromatic nitrogens is 4. The van der Waals surface area contributed by atoms with Crippen LogP contribution in [0.1, 0.15) is 42.3 Å². The van der Waals surface area contributed by atoms with Gasteiger partial charge < -0.3 is 4.57 Å². The van der Waals surface area contributed by atoms with Crippen molar-refractivity contribution in [3.05, 3.63) is 27.7 Å². The van der Waals surface area contributed by atoms with E-state index in [1.807, 2.05) is 13.1 Å². The minimum atomic E-state index is -0.155. The lowest BCUT2D eigenvalue weighted by atomic mass is 10.1. The van der Waals surface area contributed by atoms with Crippen LogP contribution in [0.25, 0.3) is 0 Å². The van der Waals surface area contributed by atoms with Gasteiger partial charge in [0, 0.05) is 17.6 Å². The highest BCUT2D eigenvalue weighted by Crippen LogP contribution is 2.25. The molecule has 0 saturated heterocycles. The highest BCUT2D eigenvalue weighted by Gasteiger charge is 2.24. The highest BCUT2D eigenvalue weighted by atomic mass is 32.1. The van der Waals surface area contributed by atoms with Crippen LogP contribution in [-0.4, -0.2) is 19.7 Å². The van der Waals surface area contributed by atoms with Gasteiger partial charge in [0.25, 0.3) is 0 Å². The van der Waals surface area contributed by atoms with Crippen LogP contribution in [0.2, 0.25) is 0 Å². The van der Waals surface area contributed by atoms with Crippen molar-refractivity contribution in [3.8, 4) is 0 Å². The molecule has 2 rings (SSSR count). The first-order chi connectivity index (χ1) is 8.94. The van der Waals surface area contributed by atoms with Crippen molar-refractivity contribution in [1.82, 2.24) is 25.1 Å². The number of rotatable bonds is 5. The fourth-order valence-corrected chi connectivity index (χ4v) is 2.83. The predicted octanol–water partition coefficient (Wildman–Crippen LogP) is 2.40. The van der Waals surface area contributed by atoms with Gasteiger partial charge in [0.15, 0.2) is 0 Å². The van der Waals surface area contributed by atoms with Crippen molar-refractivity contribution in [2.45, 2.75) is 53.2 Å². The fraction of sp³-hybridized carbons (Fsp3) is 0.615. The molecule has 0 bridgehead atoms. The molecule has 104 valence electrons. The van der Waals surface area contributed by atoms with Gasteiger partial charge in [0.05, 0.1) is 12.1 Å². The summed E-state index contributed by atoms with van der Waals surface area (Å²) in [5.41, 5.74) is -0.155. The maximum absolute atomic E-state index is 4.46. The Morgan fingerprint density at radius 1 is 1.32 bits per heavy atom. The molecule has 0 fully saturated rings. The Morgan fingerprint density at radius 3 is 2.63 bits per heavy atom. The summed E-state index contributed by atoms with van der Waals surface area (Å²) in [6, 6.07) is 0. The third-order valence-electron chi connectivity index (χ3n) is 3.17. The molecular formula is C13H21N5S. The zero-order valence-electron chi connectivity index (χ0n) is 12.2. The maximum Gasteiger partial charge on any atom is 0.147 e. The lowest BCUT2D eigenvalue weighted by molar-refractivity contribution is 0.388. The Balaban J connectivity index is 2.09. The summed E-state index contributed by atoms with van der Waals surface area (Å²) < 4.78 is 2.12. The molecule has 1 N–H and O–H groups in total. The summed E-state index contributed by atoms with van der Waals surface area (Å²) in [6.45, 7) is 12.0. The van der Waals surface area contributed by atoms with E-state index >= 15 is 0 Å². The Kier molecular flexibility index (Phi) is 4.01. The third kappa shape index (κ3) is 3.01. The summed E-state index contributed by atoms with van der Waals surface area (Å²) in [4.78, 5) is 5.69. The van der Waals surface area contributed by atoms with Crippen molar-refractivity contribution >= 4 is 11.3 Å². The highest BCUT2D eigenvalue weighted by molar-refractivity contribution is 7.11. The number of hydrogen-bond donors (Lipinski definition) is 1. The van der Waals surface area contributed by atoms with Gasteiger partial charge in [-0.25, -0.2) is 4.98 Å². The lowest BCUT2D eigenvalue weighted by Crippen LogP contribution is -2.36. The van der Waals surface area contributed by atoms with Gasteiger partial charge in [-0.1, -0.05) is 0 Å². The van der Waals surface area contributed by atoms with Crippen molar-refractivity contribution in [3.63, 3.8) is 0 Å². The minimum absolute atomic E-state index is 0.155. The molecule has 0 unspecified atom stereocenters. The van der Waals surface area contributed by atoms with E-state index in [2.05, 4.69) is 52.8 Å². The average molecular weight is 279 g/mol. The summed E-state index contributed by atoms with van der Waals surface area (Å²) >= 11 is 1.73. The van der Waals surface area contributed by atoms with E-state index < -0.39 is 0 Å².